The topological polar surface area (TPSA) is 18.5 Å². The molecule has 1 aliphatic carbocycles. The van der Waals surface area contributed by atoms with Crippen LogP contribution in [0.4, 0.5) is 0 Å². The molecular formula is C13H16O2. The Morgan fingerprint density at radius 3 is 2.47 bits per heavy atom. The Morgan fingerprint density at radius 1 is 0.933 bits per heavy atom. The lowest BCUT2D eigenvalue weighted by molar-refractivity contribution is -0.0350. The molecule has 0 N–H and O–H groups in total. The van der Waals surface area contributed by atoms with Gasteiger partial charge in [0.1, 0.15) is 12.2 Å². The molecule has 2 heteroatoms. The summed E-state index contributed by atoms with van der Waals surface area (Å²) in [7, 11) is 0. The molecule has 0 bridgehead atoms. The smallest absolute Gasteiger partial charge is 0.162 e. The zero-order valence-corrected chi connectivity index (χ0v) is 8.87. The lowest BCUT2D eigenvalue weighted by Gasteiger charge is -2.40. The van der Waals surface area contributed by atoms with E-state index >= 15 is 0 Å². The van der Waals surface area contributed by atoms with Crippen LogP contribution < -0.4 is 9.47 Å². The van der Waals surface area contributed by atoms with Crippen LogP contribution in [0.3, 0.4) is 0 Å². The molecule has 1 aliphatic heterocycles. The Labute approximate surface area is 90.2 Å². The minimum atomic E-state index is -0.0212. The van der Waals surface area contributed by atoms with Crippen molar-refractivity contribution in [2.75, 3.05) is 6.61 Å². The molecule has 0 saturated heterocycles. The van der Waals surface area contributed by atoms with Crippen molar-refractivity contribution in [3.8, 4) is 11.5 Å². The maximum Gasteiger partial charge on any atom is 0.162 e. The Bertz CT molecular complexity index is 353. The van der Waals surface area contributed by atoms with E-state index in [1.807, 2.05) is 24.3 Å². The molecule has 0 unspecified atom stereocenters. The van der Waals surface area contributed by atoms with Crippen LogP contribution in [0.15, 0.2) is 24.3 Å². The van der Waals surface area contributed by atoms with Crippen molar-refractivity contribution in [2.45, 2.75) is 37.7 Å². The molecule has 1 saturated carbocycles. The highest BCUT2D eigenvalue weighted by atomic mass is 16.6. The van der Waals surface area contributed by atoms with E-state index in [2.05, 4.69) is 0 Å². The van der Waals surface area contributed by atoms with E-state index in [1.54, 1.807) is 0 Å². The SMILES string of the molecule is c1ccc2c(c1)OCC1(CCCCC1)O2. The lowest BCUT2D eigenvalue weighted by atomic mass is 9.85. The van der Waals surface area contributed by atoms with Crippen molar-refractivity contribution in [1.82, 2.24) is 0 Å². The standard InChI is InChI=1S/C13H16O2/c1-4-8-13(9-5-1)10-14-11-6-2-3-7-12(11)15-13/h2-3,6-7H,1,4-5,8-10H2. The normalized spacial score (nSPS) is 22.7. The van der Waals surface area contributed by atoms with Gasteiger partial charge in [0.15, 0.2) is 11.5 Å². The number of benzene rings is 1. The van der Waals surface area contributed by atoms with E-state index < -0.39 is 0 Å². The number of hydrogen-bond acceptors (Lipinski definition) is 2. The summed E-state index contributed by atoms with van der Waals surface area (Å²) < 4.78 is 11.9. The molecule has 1 fully saturated rings. The van der Waals surface area contributed by atoms with Gasteiger partial charge in [-0.2, -0.15) is 0 Å². The molecule has 15 heavy (non-hydrogen) atoms. The van der Waals surface area contributed by atoms with E-state index in [1.165, 1.54) is 19.3 Å². The summed E-state index contributed by atoms with van der Waals surface area (Å²) in [5.74, 6) is 1.82. The van der Waals surface area contributed by atoms with E-state index in [4.69, 9.17) is 9.47 Å². The van der Waals surface area contributed by atoms with Crippen molar-refractivity contribution < 1.29 is 9.47 Å². The first-order chi connectivity index (χ1) is 7.38. The maximum absolute atomic E-state index is 6.14. The second-order valence-corrected chi connectivity index (χ2v) is 4.58. The number of ether oxygens (including phenoxy) is 2. The first-order valence-electron chi connectivity index (χ1n) is 5.79. The highest BCUT2D eigenvalue weighted by Gasteiger charge is 2.38. The van der Waals surface area contributed by atoms with Crippen LogP contribution in [0, 0.1) is 0 Å². The van der Waals surface area contributed by atoms with Gasteiger partial charge in [-0.3, -0.25) is 0 Å². The number of para-hydroxylation sites is 2. The second kappa shape index (κ2) is 3.44. The van der Waals surface area contributed by atoms with Crippen molar-refractivity contribution >= 4 is 0 Å². The maximum atomic E-state index is 6.14. The average Bonchev–Trinajstić information content (AvgIpc) is 2.30. The van der Waals surface area contributed by atoms with Gasteiger partial charge in [0.2, 0.25) is 0 Å². The Hall–Kier alpha value is -1.18. The predicted octanol–water partition coefficient (Wildman–Crippen LogP) is 3.16. The lowest BCUT2D eigenvalue weighted by Crippen LogP contribution is -2.46. The zero-order chi connectivity index (χ0) is 10.1. The molecule has 0 radical (unpaired) electrons. The van der Waals surface area contributed by atoms with Gasteiger partial charge in [0.25, 0.3) is 0 Å². The molecule has 2 aliphatic rings. The van der Waals surface area contributed by atoms with Crippen LogP contribution in [0.25, 0.3) is 0 Å². The monoisotopic (exact) mass is 204 g/mol. The van der Waals surface area contributed by atoms with Crippen LogP contribution in [0.1, 0.15) is 32.1 Å². The first kappa shape index (κ1) is 9.08. The van der Waals surface area contributed by atoms with Gasteiger partial charge in [-0.25, -0.2) is 0 Å². The largest absolute Gasteiger partial charge is 0.486 e. The summed E-state index contributed by atoms with van der Waals surface area (Å²) in [4.78, 5) is 0. The van der Waals surface area contributed by atoms with Crippen molar-refractivity contribution in [2.24, 2.45) is 0 Å². The van der Waals surface area contributed by atoms with E-state index in [-0.39, 0.29) is 5.60 Å². The molecule has 0 amide bonds. The zero-order valence-electron chi connectivity index (χ0n) is 8.87. The highest BCUT2D eigenvalue weighted by Crippen LogP contribution is 2.41. The van der Waals surface area contributed by atoms with Gasteiger partial charge >= 0.3 is 0 Å². The third-order valence-corrected chi connectivity index (χ3v) is 3.43. The van der Waals surface area contributed by atoms with Gasteiger partial charge in [0.05, 0.1) is 0 Å². The van der Waals surface area contributed by atoms with Gasteiger partial charge in [-0.05, 0) is 37.8 Å². The van der Waals surface area contributed by atoms with Crippen molar-refractivity contribution in [1.29, 1.82) is 0 Å². The molecule has 0 atom stereocenters. The number of fused-ring (bicyclic) bond motifs is 1. The van der Waals surface area contributed by atoms with Crippen molar-refractivity contribution in [3.05, 3.63) is 24.3 Å². The molecular weight excluding hydrogens is 188 g/mol. The fourth-order valence-corrected chi connectivity index (χ4v) is 2.57. The Balaban J connectivity index is 1.87. The summed E-state index contributed by atoms with van der Waals surface area (Å²) in [6, 6.07) is 7.97. The second-order valence-electron chi connectivity index (χ2n) is 4.58. The molecule has 3 rings (SSSR count). The molecule has 80 valence electrons. The van der Waals surface area contributed by atoms with E-state index in [0.717, 1.165) is 30.9 Å². The minimum Gasteiger partial charge on any atom is -0.486 e. The number of rotatable bonds is 0. The molecule has 1 spiro atoms. The summed E-state index contributed by atoms with van der Waals surface area (Å²) >= 11 is 0. The number of hydrogen-bond donors (Lipinski definition) is 0. The summed E-state index contributed by atoms with van der Waals surface area (Å²) in [6.07, 6.45) is 6.16. The third-order valence-electron chi connectivity index (χ3n) is 3.43. The Morgan fingerprint density at radius 2 is 1.67 bits per heavy atom. The van der Waals surface area contributed by atoms with E-state index in [9.17, 15) is 0 Å². The predicted molar refractivity (Wildman–Crippen MR) is 58.4 cm³/mol. The quantitative estimate of drug-likeness (QED) is 0.646. The first-order valence-corrected chi connectivity index (χ1v) is 5.79. The van der Waals surface area contributed by atoms with Crippen LogP contribution in [-0.2, 0) is 0 Å². The fourth-order valence-electron chi connectivity index (χ4n) is 2.57. The van der Waals surface area contributed by atoms with Gasteiger partial charge in [0, 0.05) is 0 Å². The highest BCUT2D eigenvalue weighted by molar-refractivity contribution is 5.41. The fraction of sp³-hybridized carbons (Fsp3) is 0.538. The van der Waals surface area contributed by atoms with E-state index in [0.29, 0.717) is 0 Å². The molecule has 1 aromatic carbocycles. The summed E-state index contributed by atoms with van der Waals surface area (Å²) in [5, 5.41) is 0. The average molecular weight is 204 g/mol. The minimum absolute atomic E-state index is 0.0212. The summed E-state index contributed by atoms with van der Waals surface area (Å²) in [5.41, 5.74) is -0.0212. The van der Waals surface area contributed by atoms with Gasteiger partial charge < -0.3 is 9.47 Å². The Kier molecular flexibility index (Phi) is 2.08. The van der Waals surface area contributed by atoms with Crippen LogP contribution in [0.5, 0.6) is 11.5 Å². The molecule has 1 aromatic rings. The van der Waals surface area contributed by atoms with Crippen LogP contribution in [0.2, 0.25) is 0 Å². The summed E-state index contributed by atoms with van der Waals surface area (Å²) in [6.45, 7) is 0.726. The molecule has 0 aromatic heterocycles. The molecule has 1 heterocycles. The van der Waals surface area contributed by atoms with Gasteiger partial charge in [-0.15, -0.1) is 0 Å². The van der Waals surface area contributed by atoms with Gasteiger partial charge in [-0.1, -0.05) is 18.6 Å². The van der Waals surface area contributed by atoms with Crippen LogP contribution in [-0.4, -0.2) is 12.2 Å². The molecule has 2 nitrogen and oxygen atoms in total. The third kappa shape index (κ3) is 1.58. The van der Waals surface area contributed by atoms with Crippen molar-refractivity contribution in [3.63, 3.8) is 0 Å². The van der Waals surface area contributed by atoms with Crippen LogP contribution >= 0.6 is 0 Å².